The van der Waals surface area contributed by atoms with Crippen LogP contribution in [-0.4, -0.2) is 16.6 Å². The third-order valence-corrected chi connectivity index (χ3v) is 3.50. The maximum atomic E-state index is 13.5. The van der Waals surface area contributed by atoms with Crippen LogP contribution in [0.5, 0.6) is 0 Å². The third kappa shape index (κ3) is 3.20. The molecule has 0 bridgehead atoms. The van der Waals surface area contributed by atoms with E-state index in [1.54, 1.807) is 0 Å². The number of rotatable bonds is 4. The van der Waals surface area contributed by atoms with Gasteiger partial charge < -0.3 is 15.0 Å². The summed E-state index contributed by atoms with van der Waals surface area (Å²) in [5.41, 5.74) is 1.48. The lowest BCUT2D eigenvalue weighted by Crippen LogP contribution is -2.27. The van der Waals surface area contributed by atoms with Crippen molar-refractivity contribution in [3.05, 3.63) is 62.8 Å². The maximum absolute atomic E-state index is 13.5. The Balaban J connectivity index is 1.67. The Kier molecular flexibility index (Phi) is 4.26. The van der Waals surface area contributed by atoms with Gasteiger partial charge in [-0.15, -0.1) is 0 Å². The minimum absolute atomic E-state index is 0.200. The molecule has 0 fully saturated rings. The summed E-state index contributed by atoms with van der Waals surface area (Å²) in [6.45, 7) is 1.35. The van der Waals surface area contributed by atoms with Gasteiger partial charge in [0.2, 0.25) is 0 Å². The van der Waals surface area contributed by atoms with Crippen LogP contribution in [0, 0.1) is 11.6 Å². The summed E-state index contributed by atoms with van der Waals surface area (Å²) in [6, 6.07) is 3.44. The average molecular weight is 307 g/mol. The first-order valence-electron chi connectivity index (χ1n) is 6.97. The van der Waals surface area contributed by atoms with Crippen molar-refractivity contribution in [2.24, 2.45) is 0 Å². The number of hydrogen-bond donors (Lipinski definition) is 2. The first-order valence-corrected chi connectivity index (χ1v) is 6.97. The van der Waals surface area contributed by atoms with Crippen LogP contribution < -0.4 is 10.9 Å². The smallest absolute Gasteiger partial charge is 0.256 e. The number of nitrogens with one attached hydrogen (secondary N) is 2. The number of nitrogens with zero attached hydrogens (tertiary/aromatic N) is 1. The lowest BCUT2D eigenvalue weighted by atomic mass is 10.1. The molecule has 1 aliphatic rings. The van der Waals surface area contributed by atoms with Gasteiger partial charge >= 0.3 is 0 Å². The Labute approximate surface area is 125 Å². The van der Waals surface area contributed by atoms with Crippen LogP contribution in [-0.2, 0) is 30.9 Å². The monoisotopic (exact) mass is 307 g/mol. The molecule has 0 saturated carbocycles. The van der Waals surface area contributed by atoms with Gasteiger partial charge in [-0.25, -0.2) is 13.8 Å². The molecule has 7 heteroatoms. The van der Waals surface area contributed by atoms with Crippen molar-refractivity contribution in [2.75, 3.05) is 6.61 Å². The largest absolute Gasteiger partial charge is 0.376 e. The molecule has 0 atom stereocenters. The van der Waals surface area contributed by atoms with Crippen molar-refractivity contribution in [3.63, 3.8) is 0 Å². The minimum Gasteiger partial charge on any atom is -0.376 e. The zero-order valence-corrected chi connectivity index (χ0v) is 11.8. The zero-order valence-electron chi connectivity index (χ0n) is 11.8. The van der Waals surface area contributed by atoms with Crippen LogP contribution in [0.25, 0.3) is 0 Å². The van der Waals surface area contributed by atoms with Crippen LogP contribution in [0.2, 0.25) is 0 Å². The second-order valence-corrected chi connectivity index (χ2v) is 5.08. The van der Waals surface area contributed by atoms with Crippen molar-refractivity contribution in [2.45, 2.75) is 26.1 Å². The number of aromatic amines is 1. The molecular formula is C15H15F2N3O2. The molecule has 1 aromatic heterocycles. The highest BCUT2D eigenvalue weighted by atomic mass is 19.1. The van der Waals surface area contributed by atoms with Gasteiger partial charge in [0.05, 0.1) is 31.0 Å². The molecule has 116 valence electrons. The van der Waals surface area contributed by atoms with E-state index in [0.717, 1.165) is 11.8 Å². The highest BCUT2D eigenvalue weighted by Crippen LogP contribution is 2.11. The van der Waals surface area contributed by atoms with Gasteiger partial charge in [0.1, 0.15) is 17.5 Å². The normalized spacial score (nSPS) is 13.9. The van der Waals surface area contributed by atoms with E-state index in [1.807, 2.05) is 0 Å². The zero-order chi connectivity index (χ0) is 15.5. The highest BCUT2D eigenvalue weighted by Gasteiger charge is 2.15. The van der Waals surface area contributed by atoms with Crippen LogP contribution >= 0.6 is 0 Å². The van der Waals surface area contributed by atoms with Crippen molar-refractivity contribution in [1.82, 2.24) is 15.3 Å². The lowest BCUT2D eigenvalue weighted by molar-refractivity contribution is 0.108. The van der Waals surface area contributed by atoms with E-state index in [2.05, 4.69) is 15.3 Å². The molecule has 1 aliphatic heterocycles. The van der Waals surface area contributed by atoms with Gasteiger partial charge in [-0.05, 0) is 6.07 Å². The molecule has 22 heavy (non-hydrogen) atoms. The predicted octanol–water partition coefficient (Wildman–Crippen LogP) is 1.41. The number of aromatic nitrogens is 2. The van der Waals surface area contributed by atoms with Gasteiger partial charge in [0.15, 0.2) is 0 Å². The van der Waals surface area contributed by atoms with Crippen molar-refractivity contribution in [3.8, 4) is 0 Å². The molecule has 0 radical (unpaired) electrons. The van der Waals surface area contributed by atoms with Crippen molar-refractivity contribution < 1.29 is 13.5 Å². The van der Waals surface area contributed by atoms with Crippen LogP contribution in [0.15, 0.2) is 23.0 Å². The van der Waals surface area contributed by atoms with Crippen LogP contribution in [0.1, 0.15) is 22.6 Å². The molecule has 0 unspecified atom stereocenters. The summed E-state index contributed by atoms with van der Waals surface area (Å²) >= 11 is 0. The Bertz CT molecular complexity index is 746. The molecule has 0 aliphatic carbocycles. The Morgan fingerprint density at radius 2 is 2.18 bits per heavy atom. The number of ether oxygens (including phenoxy) is 1. The molecule has 2 aromatic rings. The first kappa shape index (κ1) is 14.8. The number of fused-ring (bicyclic) bond motifs is 1. The number of H-pyrrole nitrogens is 1. The third-order valence-electron chi connectivity index (χ3n) is 3.50. The number of benzene rings is 1. The van der Waals surface area contributed by atoms with Gasteiger partial charge in [-0.3, -0.25) is 4.79 Å². The molecular weight excluding hydrogens is 292 g/mol. The molecule has 0 spiro atoms. The fourth-order valence-corrected chi connectivity index (χ4v) is 2.36. The van der Waals surface area contributed by atoms with E-state index in [-0.39, 0.29) is 18.7 Å². The van der Waals surface area contributed by atoms with E-state index in [4.69, 9.17) is 4.74 Å². The van der Waals surface area contributed by atoms with E-state index in [0.29, 0.717) is 36.5 Å². The summed E-state index contributed by atoms with van der Waals surface area (Å²) in [4.78, 5) is 19.0. The summed E-state index contributed by atoms with van der Waals surface area (Å²) < 4.78 is 31.5. The molecule has 5 nitrogen and oxygen atoms in total. The molecule has 0 saturated heterocycles. The van der Waals surface area contributed by atoms with E-state index >= 15 is 0 Å². The summed E-state index contributed by atoms with van der Waals surface area (Å²) in [7, 11) is 0. The van der Waals surface area contributed by atoms with E-state index < -0.39 is 11.6 Å². The van der Waals surface area contributed by atoms with Crippen LogP contribution in [0.4, 0.5) is 8.78 Å². The lowest BCUT2D eigenvalue weighted by Gasteiger charge is -2.15. The molecule has 2 heterocycles. The topological polar surface area (TPSA) is 67.0 Å². The predicted molar refractivity (Wildman–Crippen MR) is 75.1 cm³/mol. The Hall–Kier alpha value is -2.12. The SMILES string of the molecule is O=c1[nH]c(CNCc2ccc(F)cc2F)nc2c1COCC2. The minimum atomic E-state index is -0.607. The average Bonchev–Trinajstić information content (AvgIpc) is 2.50. The summed E-state index contributed by atoms with van der Waals surface area (Å²) in [5, 5.41) is 2.99. The number of halogens is 2. The summed E-state index contributed by atoms with van der Waals surface area (Å²) in [5.74, 6) is -0.714. The molecule has 2 N–H and O–H groups in total. The Morgan fingerprint density at radius 1 is 1.32 bits per heavy atom. The fraction of sp³-hybridized carbons (Fsp3) is 0.333. The molecule has 1 aromatic carbocycles. The van der Waals surface area contributed by atoms with Gasteiger partial charge in [0.25, 0.3) is 5.56 Å². The maximum Gasteiger partial charge on any atom is 0.256 e. The number of hydrogen-bond acceptors (Lipinski definition) is 4. The standard InChI is InChI=1S/C15H15F2N3O2/c16-10-2-1-9(12(17)5-10)6-18-7-14-19-13-3-4-22-8-11(13)15(21)20-14/h1-2,5,18H,3-4,6-8H2,(H,19,20,21). The molecule has 3 rings (SSSR count). The fourth-order valence-electron chi connectivity index (χ4n) is 2.36. The van der Waals surface area contributed by atoms with Crippen molar-refractivity contribution in [1.29, 1.82) is 0 Å². The first-order chi connectivity index (χ1) is 10.6. The Morgan fingerprint density at radius 3 is 3.00 bits per heavy atom. The van der Waals surface area contributed by atoms with Crippen LogP contribution in [0.3, 0.4) is 0 Å². The van der Waals surface area contributed by atoms with Gasteiger partial charge in [-0.2, -0.15) is 0 Å². The second-order valence-electron chi connectivity index (χ2n) is 5.08. The highest BCUT2D eigenvalue weighted by molar-refractivity contribution is 5.20. The summed E-state index contributed by atoms with van der Waals surface area (Å²) in [6.07, 6.45) is 0.610. The second kappa shape index (κ2) is 6.33. The van der Waals surface area contributed by atoms with E-state index in [1.165, 1.54) is 12.1 Å². The van der Waals surface area contributed by atoms with E-state index in [9.17, 15) is 13.6 Å². The molecule has 0 amide bonds. The van der Waals surface area contributed by atoms with Crippen molar-refractivity contribution >= 4 is 0 Å². The van der Waals surface area contributed by atoms with Gasteiger partial charge in [-0.1, -0.05) is 6.07 Å². The van der Waals surface area contributed by atoms with Gasteiger partial charge in [0, 0.05) is 24.6 Å². The quantitative estimate of drug-likeness (QED) is 0.896.